The zero-order chi connectivity index (χ0) is 21.2. The van der Waals surface area contributed by atoms with Crippen LogP contribution in [0.25, 0.3) is 5.65 Å². The Labute approximate surface area is 183 Å². The lowest BCUT2D eigenvalue weighted by atomic mass is 9.94. The summed E-state index contributed by atoms with van der Waals surface area (Å²) in [5.41, 5.74) is 2.96. The molecule has 0 bridgehead atoms. The van der Waals surface area contributed by atoms with E-state index in [-0.39, 0.29) is 6.03 Å². The van der Waals surface area contributed by atoms with Gasteiger partial charge in [0, 0.05) is 50.2 Å². The van der Waals surface area contributed by atoms with Gasteiger partial charge in [-0.2, -0.15) is 0 Å². The number of fused-ring (bicyclic) bond motifs is 1. The fourth-order valence-electron chi connectivity index (χ4n) is 4.83. The number of pyridine rings is 1. The number of piperidine rings is 1. The van der Waals surface area contributed by atoms with Gasteiger partial charge in [-0.05, 0) is 67.5 Å². The Bertz CT molecular complexity index is 1050. The predicted octanol–water partition coefficient (Wildman–Crippen LogP) is 4.06. The van der Waals surface area contributed by atoms with E-state index in [1.54, 1.807) is 0 Å². The van der Waals surface area contributed by atoms with Gasteiger partial charge in [-0.25, -0.2) is 4.79 Å². The van der Waals surface area contributed by atoms with Crippen LogP contribution in [0.1, 0.15) is 32.0 Å². The smallest absolute Gasteiger partial charge is 0.321 e. The molecule has 162 valence electrons. The van der Waals surface area contributed by atoms with Crippen molar-refractivity contribution in [1.29, 1.82) is 0 Å². The number of benzene rings is 1. The summed E-state index contributed by atoms with van der Waals surface area (Å²) in [4.78, 5) is 17.2. The average Bonchev–Trinajstić information content (AvgIpc) is 3.41. The normalized spacial score (nSPS) is 21.6. The van der Waals surface area contributed by atoms with Gasteiger partial charge < -0.3 is 15.1 Å². The fourth-order valence-corrected chi connectivity index (χ4v) is 4.83. The number of nitrogens with one attached hydrogen (secondary N) is 1. The highest BCUT2D eigenvalue weighted by molar-refractivity contribution is 5.89. The largest absolute Gasteiger partial charge is 0.371 e. The number of aromatic nitrogens is 3. The lowest BCUT2D eigenvalue weighted by Crippen LogP contribution is -2.43. The average molecular weight is 419 g/mol. The maximum Gasteiger partial charge on any atom is 0.321 e. The summed E-state index contributed by atoms with van der Waals surface area (Å²) >= 11 is 0. The van der Waals surface area contributed by atoms with Gasteiger partial charge >= 0.3 is 6.03 Å². The Hall–Kier alpha value is -3.09. The summed E-state index contributed by atoms with van der Waals surface area (Å²) in [7, 11) is 0. The molecule has 2 aliphatic heterocycles. The summed E-state index contributed by atoms with van der Waals surface area (Å²) in [5, 5.41) is 11.7. The Balaban J connectivity index is 1.19. The van der Waals surface area contributed by atoms with Gasteiger partial charge in [-0.1, -0.05) is 13.0 Å². The summed E-state index contributed by atoms with van der Waals surface area (Å²) in [6.07, 6.45) is 6.21. The number of anilines is 2. The molecule has 31 heavy (non-hydrogen) atoms. The molecule has 3 aromatic rings. The lowest BCUT2D eigenvalue weighted by Gasteiger charge is -2.32. The molecule has 2 aromatic heterocycles. The monoisotopic (exact) mass is 418 g/mol. The maximum atomic E-state index is 12.9. The van der Waals surface area contributed by atoms with Crippen LogP contribution in [0, 0.1) is 11.8 Å². The van der Waals surface area contributed by atoms with E-state index >= 15 is 0 Å². The van der Waals surface area contributed by atoms with E-state index in [1.165, 1.54) is 12.1 Å². The third-order valence-electron chi connectivity index (χ3n) is 6.57. The van der Waals surface area contributed by atoms with Gasteiger partial charge in [0.1, 0.15) is 5.82 Å². The molecule has 4 heterocycles. The highest BCUT2D eigenvalue weighted by Gasteiger charge is 2.25. The molecule has 0 saturated carbocycles. The van der Waals surface area contributed by atoms with E-state index in [4.69, 9.17) is 0 Å². The summed E-state index contributed by atoms with van der Waals surface area (Å²) in [5.74, 6) is 2.11. The topological polar surface area (TPSA) is 65.8 Å². The molecule has 0 radical (unpaired) electrons. The van der Waals surface area contributed by atoms with Crippen molar-refractivity contribution in [2.75, 3.05) is 36.4 Å². The quantitative estimate of drug-likeness (QED) is 0.694. The Morgan fingerprint density at radius 1 is 1.06 bits per heavy atom. The van der Waals surface area contributed by atoms with Crippen LogP contribution in [-0.2, 0) is 6.42 Å². The lowest BCUT2D eigenvalue weighted by molar-refractivity contribution is 0.176. The van der Waals surface area contributed by atoms with Crippen molar-refractivity contribution in [3.63, 3.8) is 0 Å². The highest BCUT2D eigenvalue weighted by Crippen LogP contribution is 2.25. The van der Waals surface area contributed by atoms with E-state index in [1.807, 2.05) is 45.8 Å². The molecule has 2 aliphatic rings. The van der Waals surface area contributed by atoms with Crippen molar-refractivity contribution in [3.05, 3.63) is 54.5 Å². The molecular formula is C24H30N6O. The van der Waals surface area contributed by atoms with Gasteiger partial charge in [0.25, 0.3) is 0 Å². The number of carbonyl (C=O) groups excluding carboxylic acids is 1. The van der Waals surface area contributed by atoms with Crippen LogP contribution in [0.15, 0.2) is 48.7 Å². The standard InChI is InChI=1S/C24H30N6O/c1-18-11-14-28(16-18)21-9-7-20(8-10-21)25-24(31)29-12-4-5-19(17-29)15-23-27-26-22-6-2-3-13-30(22)23/h2-3,6-10,13,18-19H,4-5,11-12,14-17H2,1H3,(H,25,31). The first-order valence-corrected chi connectivity index (χ1v) is 11.4. The van der Waals surface area contributed by atoms with Crippen LogP contribution in [-0.4, -0.2) is 51.7 Å². The van der Waals surface area contributed by atoms with Gasteiger partial charge in [-0.15, -0.1) is 10.2 Å². The number of amides is 2. The molecule has 0 aliphatic carbocycles. The minimum Gasteiger partial charge on any atom is -0.371 e. The van der Waals surface area contributed by atoms with E-state index in [0.717, 1.165) is 68.5 Å². The van der Waals surface area contributed by atoms with Crippen LogP contribution in [0.3, 0.4) is 0 Å². The second-order valence-electron chi connectivity index (χ2n) is 9.02. The molecule has 2 atom stereocenters. The minimum absolute atomic E-state index is 0.0154. The summed E-state index contributed by atoms with van der Waals surface area (Å²) in [6, 6.07) is 14.2. The van der Waals surface area contributed by atoms with E-state index in [9.17, 15) is 4.79 Å². The molecule has 2 amide bonds. The number of nitrogens with zero attached hydrogens (tertiary/aromatic N) is 5. The maximum absolute atomic E-state index is 12.9. The fraction of sp³-hybridized carbons (Fsp3) is 0.458. The molecule has 1 N–H and O–H groups in total. The molecule has 7 heteroatoms. The first-order valence-electron chi connectivity index (χ1n) is 11.4. The predicted molar refractivity (Wildman–Crippen MR) is 122 cm³/mol. The number of hydrogen-bond donors (Lipinski definition) is 1. The van der Waals surface area contributed by atoms with E-state index in [2.05, 4.69) is 39.5 Å². The zero-order valence-electron chi connectivity index (χ0n) is 18.1. The number of rotatable bonds is 4. The van der Waals surface area contributed by atoms with Crippen LogP contribution < -0.4 is 10.2 Å². The van der Waals surface area contributed by atoms with Crippen molar-refractivity contribution in [2.45, 2.75) is 32.6 Å². The van der Waals surface area contributed by atoms with Crippen molar-refractivity contribution in [1.82, 2.24) is 19.5 Å². The summed E-state index contributed by atoms with van der Waals surface area (Å²) < 4.78 is 2.04. The first-order chi connectivity index (χ1) is 15.2. The van der Waals surface area contributed by atoms with Gasteiger partial charge in [0.05, 0.1) is 0 Å². The second kappa shape index (κ2) is 8.57. The van der Waals surface area contributed by atoms with Crippen molar-refractivity contribution in [2.24, 2.45) is 11.8 Å². The van der Waals surface area contributed by atoms with Gasteiger partial charge in [0.15, 0.2) is 5.65 Å². The molecule has 7 nitrogen and oxygen atoms in total. The molecular weight excluding hydrogens is 388 g/mol. The van der Waals surface area contributed by atoms with Crippen LogP contribution in [0.2, 0.25) is 0 Å². The Morgan fingerprint density at radius 2 is 1.94 bits per heavy atom. The van der Waals surface area contributed by atoms with E-state index < -0.39 is 0 Å². The molecule has 2 saturated heterocycles. The highest BCUT2D eigenvalue weighted by atomic mass is 16.2. The first kappa shape index (κ1) is 19.8. The third kappa shape index (κ3) is 4.36. The zero-order valence-corrected chi connectivity index (χ0v) is 18.1. The molecule has 0 spiro atoms. The summed E-state index contributed by atoms with van der Waals surface area (Å²) in [6.45, 7) is 6.07. The molecule has 1 aromatic carbocycles. The van der Waals surface area contributed by atoms with Gasteiger partial charge in [-0.3, -0.25) is 4.40 Å². The molecule has 2 fully saturated rings. The number of hydrogen-bond acceptors (Lipinski definition) is 4. The van der Waals surface area contributed by atoms with Gasteiger partial charge in [0.2, 0.25) is 0 Å². The van der Waals surface area contributed by atoms with Crippen LogP contribution >= 0.6 is 0 Å². The number of carbonyl (C=O) groups is 1. The molecule has 2 unspecified atom stereocenters. The molecule has 5 rings (SSSR count). The number of likely N-dealkylation sites (tertiary alicyclic amines) is 1. The Morgan fingerprint density at radius 3 is 2.74 bits per heavy atom. The van der Waals surface area contributed by atoms with Crippen molar-refractivity contribution in [3.8, 4) is 0 Å². The van der Waals surface area contributed by atoms with Crippen molar-refractivity contribution < 1.29 is 4.79 Å². The minimum atomic E-state index is -0.0154. The number of urea groups is 1. The second-order valence-corrected chi connectivity index (χ2v) is 9.02. The Kier molecular flexibility index (Phi) is 5.49. The van der Waals surface area contributed by atoms with E-state index in [0.29, 0.717) is 5.92 Å². The third-order valence-corrected chi connectivity index (χ3v) is 6.57. The SMILES string of the molecule is CC1CCN(c2ccc(NC(=O)N3CCCC(Cc4nnc5ccccn45)C3)cc2)C1. The van der Waals surface area contributed by atoms with Crippen LogP contribution in [0.5, 0.6) is 0 Å². The van der Waals surface area contributed by atoms with Crippen LogP contribution in [0.4, 0.5) is 16.2 Å². The van der Waals surface area contributed by atoms with Crippen molar-refractivity contribution >= 4 is 23.1 Å².